The fraction of sp³-hybridized carbons (Fsp3) is 0.286. The van der Waals surface area contributed by atoms with Gasteiger partial charge >= 0.3 is 0 Å². The van der Waals surface area contributed by atoms with Crippen molar-refractivity contribution in [2.45, 2.75) is 32.7 Å². The summed E-state index contributed by atoms with van der Waals surface area (Å²) in [6.45, 7) is 5.80. The highest BCUT2D eigenvalue weighted by Crippen LogP contribution is 2.23. The largest absolute Gasteiger partial charge is 0.331 e. The first-order valence-corrected chi connectivity index (χ1v) is 9.48. The van der Waals surface area contributed by atoms with E-state index in [1.54, 1.807) is 31.2 Å². The van der Waals surface area contributed by atoms with Crippen molar-refractivity contribution in [2.24, 2.45) is 7.05 Å². The smallest absolute Gasteiger partial charge is 0.278 e. The Hall–Kier alpha value is -3.55. The summed E-state index contributed by atoms with van der Waals surface area (Å²) in [5.41, 5.74) is 2.58. The molecule has 4 aromatic rings. The predicted octanol–water partition coefficient (Wildman–Crippen LogP) is 3.00. The molecule has 0 saturated carbocycles. The minimum absolute atomic E-state index is 0.295. The van der Waals surface area contributed by atoms with Crippen molar-refractivity contribution in [1.29, 1.82) is 0 Å². The van der Waals surface area contributed by atoms with Crippen LogP contribution in [0.25, 0.3) is 21.9 Å². The van der Waals surface area contributed by atoms with E-state index in [1.807, 2.05) is 25.2 Å². The Labute approximate surface area is 167 Å². The van der Waals surface area contributed by atoms with Gasteiger partial charge in [0.15, 0.2) is 0 Å². The van der Waals surface area contributed by atoms with Crippen molar-refractivity contribution in [1.82, 2.24) is 24.5 Å². The second kappa shape index (κ2) is 7.12. The van der Waals surface area contributed by atoms with Gasteiger partial charge in [-0.05, 0) is 37.3 Å². The number of anilines is 1. The molecule has 2 heterocycles. The molecule has 0 bridgehead atoms. The summed E-state index contributed by atoms with van der Waals surface area (Å²) in [6, 6.07) is 11.7. The lowest BCUT2D eigenvalue weighted by Crippen LogP contribution is -2.34. The summed E-state index contributed by atoms with van der Waals surface area (Å²) in [5, 5.41) is 11.3. The van der Waals surface area contributed by atoms with Crippen LogP contribution in [0.4, 0.5) is 5.69 Å². The highest BCUT2D eigenvalue weighted by atomic mass is 16.2. The molecule has 1 amide bonds. The fourth-order valence-corrected chi connectivity index (χ4v) is 3.43. The zero-order valence-corrected chi connectivity index (χ0v) is 16.7. The van der Waals surface area contributed by atoms with Crippen LogP contribution < -0.4 is 10.9 Å². The van der Waals surface area contributed by atoms with Gasteiger partial charge in [-0.2, -0.15) is 4.68 Å². The summed E-state index contributed by atoms with van der Waals surface area (Å²) in [5.74, 6) is 0.926. The van der Waals surface area contributed by atoms with Gasteiger partial charge in [-0.15, -0.1) is 5.10 Å². The van der Waals surface area contributed by atoms with Crippen LogP contribution in [0.15, 0.2) is 47.3 Å². The number of fused-ring (bicyclic) bond motifs is 2. The molecule has 0 fully saturated rings. The Morgan fingerprint density at radius 1 is 1.07 bits per heavy atom. The van der Waals surface area contributed by atoms with E-state index < -0.39 is 6.04 Å². The topological polar surface area (TPSA) is 94.7 Å². The van der Waals surface area contributed by atoms with E-state index in [1.165, 1.54) is 0 Å². The Bertz CT molecular complexity index is 1290. The molecule has 1 unspecified atom stereocenters. The van der Waals surface area contributed by atoms with Crippen LogP contribution in [0.2, 0.25) is 0 Å². The van der Waals surface area contributed by atoms with E-state index in [4.69, 9.17) is 0 Å². The zero-order chi connectivity index (χ0) is 20.7. The summed E-state index contributed by atoms with van der Waals surface area (Å²) in [4.78, 5) is 30.1. The average molecular weight is 390 g/mol. The van der Waals surface area contributed by atoms with Crippen LogP contribution in [-0.4, -0.2) is 30.5 Å². The molecular formula is C21H22N6O2. The minimum atomic E-state index is -0.815. The Morgan fingerprint density at radius 2 is 1.83 bits per heavy atom. The molecule has 0 spiro atoms. The number of nitrogens with one attached hydrogen (secondary N) is 1. The number of nitrogens with zero attached hydrogens (tertiary/aromatic N) is 5. The van der Waals surface area contributed by atoms with E-state index >= 15 is 0 Å². The molecule has 2 aromatic heterocycles. The van der Waals surface area contributed by atoms with E-state index in [-0.39, 0.29) is 11.5 Å². The molecule has 8 heteroatoms. The van der Waals surface area contributed by atoms with Crippen LogP contribution >= 0.6 is 0 Å². The lowest BCUT2D eigenvalue weighted by atomic mass is 10.2. The number of hydrogen-bond donors (Lipinski definition) is 1. The normalized spacial score (nSPS) is 12.6. The molecular weight excluding hydrogens is 368 g/mol. The second-order valence-corrected chi connectivity index (χ2v) is 7.41. The number of hydrogen-bond acceptors (Lipinski definition) is 5. The second-order valence-electron chi connectivity index (χ2n) is 7.41. The van der Waals surface area contributed by atoms with Crippen LogP contribution in [0, 0.1) is 0 Å². The lowest BCUT2D eigenvalue weighted by molar-refractivity contribution is -0.119. The molecule has 0 aliphatic heterocycles. The SMILES string of the molecule is CC(C)c1nc2cc(NC(=O)C(C)n3nnc4ccccc4c3=O)ccc2n1C. The zero-order valence-electron chi connectivity index (χ0n) is 16.7. The van der Waals surface area contributed by atoms with Gasteiger partial charge in [0.25, 0.3) is 5.56 Å². The molecule has 0 aliphatic carbocycles. The van der Waals surface area contributed by atoms with Crippen LogP contribution in [0.5, 0.6) is 0 Å². The third kappa shape index (κ3) is 3.26. The van der Waals surface area contributed by atoms with Gasteiger partial charge in [0.1, 0.15) is 17.4 Å². The van der Waals surface area contributed by atoms with Gasteiger partial charge in [-0.25, -0.2) is 4.98 Å². The number of carbonyl (C=O) groups excluding carboxylic acids is 1. The lowest BCUT2D eigenvalue weighted by Gasteiger charge is -2.13. The van der Waals surface area contributed by atoms with Crippen LogP contribution in [0.3, 0.4) is 0 Å². The molecule has 1 N–H and O–H groups in total. The van der Waals surface area contributed by atoms with Gasteiger partial charge in [0.05, 0.1) is 16.4 Å². The molecule has 8 nitrogen and oxygen atoms in total. The quantitative estimate of drug-likeness (QED) is 0.578. The molecule has 148 valence electrons. The number of imidazole rings is 1. The first-order chi connectivity index (χ1) is 13.9. The first kappa shape index (κ1) is 18.8. The highest BCUT2D eigenvalue weighted by Gasteiger charge is 2.20. The molecule has 4 rings (SSSR count). The maximum atomic E-state index is 12.8. The van der Waals surface area contributed by atoms with E-state index in [9.17, 15) is 9.59 Å². The third-order valence-corrected chi connectivity index (χ3v) is 5.04. The van der Waals surface area contributed by atoms with Crippen molar-refractivity contribution >= 4 is 33.5 Å². The average Bonchev–Trinajstić information content (AvgIpc) is 3.04. The fourth-order valence-electron chi connectivity index (χ4n) is 3.43. The number of rotatable bonds is 4. The van der Waals surface area contributed by atoms with Gasteiger partial charge in [-0.1, -0.05) is 31.2 Å². The number of aryl methyl sites for hydroxylation is 1. The third-order valence-electron chi connectivity index (χ3n) is 5.04. The number of carbonyl (C=O) groups is 1. The maximum absolute atomic E-state index is 12.8. The Kier molecular flexibility index (Phi) is 4.62. The summed E-state index contributed by atoms with van der Waals surface area (Å²) < 4.78 is 3.16. The monoisotopic (exact) mass is 390 g/mol. The molecule has 0 aliphatic rings. The number of benzene rings is 2. The number of amides is 1. The van der Waals surface area contributed by atoms with Crippen LogP contribution in [0.1, 0.15) is 38.6 Å². The van der Waals surface area contributed by atoms with Gasteiger partial charge in [-0.3, -0.25) is 9.59 Å². The van der Waals surface area contributed by atoms with E-state index in [0.29, 0.717) is 22.5 Å². The van der Waals surface area contributed by atoms with Crippen molar-refractivity contribution in [3.63, 3.8) is 0 Å². The Balaban J connectivity index is 1.62. The first-order valence-electron chi connectivity index (χ1n) is 9.48. The van der Waals surface area contributed by atoms with Crippen molar-refractivity contribution in [3.05, 3.63) is 58.6 Å². The van der Waals surface area contributed by atoms with Crippen molar-refractivity contribution in [3.8, 4) is 0 Å². The molecule has 29 heavy (non-hydrogen) atoms. The summed E-state index contributed by atoms with van der Waals surface area (Å²) in [6.07, 6.45) is 0. The standard InChI is InChI=1S/C21H22N6O2/c1-12(2)19-23-17-11-14(9-10-18(17)26(19)4)22-20(28)13(3)27-21(29)15-7-5-6-8-16(15)24-25-27/h5-13H,1-4H3,(H,22,28). The van der Waals surface area contributed by atoms with E-state index in [0.717, 1.165) is 21.5 Å². The van der Waals surface area contributed by atoms with Crippen LogP contribution in [-0.2, 0) is 11.8 Å². The van der Waals surface area contributed by atoms with Crippen molar-refractivity contribution in [2.75, 3.05) is 5.32 Å². The Morgan fingerprint density at radius 3 is 2.59 bits per heavy atom. The minimum Gasteiger partial charge on any atom is -0.331 e. The number of aromatic nitrogens is 5. The molecule has 2 aromatic carbocycles. The van der Waals surface area contributed by atoms with Gasteiger partial charge in [0.2, 0.25) is 5.91 Å². The van der Waals surface area contributed by atoms with Gasteiger partial charge < -0.3 is 9.88 Å². The highest BCUT2D eigenvalue weighted by molar-refractivity contribution is 5.95. The molecule has 1 atom stereocenters. The molecule has 0 saturated heterocycles. The van der Waals surface area contributed by atoms with E-state index in [2.05, 4.69) is 39.0 Å². The summed E-state index contributed by atoms with van der Waals surface area (Å²) >= 11 is 0. The summed E-state index contributed by atoms with van der Waals surface area (Å²) in [7, 11) is 1.98. The maximum Gasteiger partial charge on any atom is 0.278 e. The predicted molar refractivity (Wildman–Crippen MR) is 112 cm³/mol. The van der Waals surface area contributed by atoms with Crippen molar-refractivity contribution < 1.29 is 4.79 Å². The van der Waals surface area contributed by atoms with Gasteiger partial charge in [0, 0.05) is 18.7 Å². The molecule has 0 radical (unpaired) electrons.